The average Bonchev–Trinajstić information content (AvgIpc) is 2.70. The molecule has 78 valence electrons. The van der Waals surface area contributed by atoms with E-state index < -0.39 is 0 Å². The van der Waals surface area contributed by atoms with Gasteiger partial charge >= 0.3 is 0 Å². The molecule has 1 unspecified atom stereocenters. The molecule has 1 aliphatic carbocycles. The molecule has 0 N–H and O–H groups in total. The van der Waals surface area contributed by atoms with Gasteiger partial charge in [0.05, 0.1) is 10.9 Å². The molecule has 2 rings (SSSR count). The van der Waals surface area contributed by atoms with Crippen molar-refractivity contribution in [2.75, 3.05) is 0 Å². The topological polar surface area (TPSA) is 12.9 Å². The van der Waals surface area contributed by atoms with Crippen LogP contribution in [0.15, 0.2) is 6.20 Å². The molecule has 0 aliphatic heterocycles. The normalized spacial score (nSPS) is 25.5. The van der Waals surface area contributed by atoms with Crippen LogP contribution in [-0.2, 0) is 5.88 Å². The van der Waals surface area contributed by atoms with Crippen LogP contribution in [-0.4, -0.2) is 4.98 Å². The van der Waals surface area contributed by atoms with Gasteiger partial charge in [0.1, 0.15) is 0 Å². The van der Waals surface area contributed by atoms with Gasteiger partial charge in [0.2, 0.25) is 0 Å². The lowest BCUT2D eigenvalue weighted by atomic mass is 9.91. The molecule has 1 aromatic heterocycles. The maximum atomic E-state index is 5.77. The van der Waals surface area contributed by atoms with Crippen LogP contribution in [0.2, 0.25) is 0 Å². The summed E-state index contributed by atoms with van der Waals surface area (Å²) in [5.74, 6) is 1.29. The van der Waals surface area contributed by atoms with Crippen LogP contribution >= 0.6 is 22.9 Å². The quantitative estimate of drug-likeness (QED) is 0.694. The second-order valence-corrected chi connectivity index (χ2v) is 6.32. The summed E-state index contributed by atoms with van der Waals surface area (Å²) in [7, 11) is 0. The Kier molecular flexibility index (Phi) is 2.85. The summed E-state index contributed by atoms with van der Waals surface area (Å²) >= 11 is 7.56. The molecule has 3 heteroatoms. The maximum Gasteiger partial charge on any atom is 0.0959 e. The van der Waals surface area contributed by atoms with Gasteiger partial charge in [-0.1, -0.05) is 13.8 Å². The molecule has 1 heterocycles. The zero-order chi connectivity index (χ0) is 10.2. The molecule has 14 heavy (non-hydrogen) atoms. The van der Waals surface area contributed by atoms with Gasteiger partial charge in [-0.3, -0.25) is 0 Å². The molecule has 1 saturated carbocycles. The second kappa shape index (κ2) is 3.82. The van der Waals surface area contributed by atoms with Crippen LogP contribution in [0.1, 0.15) is 48.9 Å². The Labute approximate surface area is 94.5 Å². The third-order valence-corrected chi connectivity index (χ3v) is 4.63. The van der Waals surface area contributed by atoms with Crippen molar-refractivity contribution in [1.82, 2.24) is 4.98 Å². The molecule has 0 saturated heterocycles. The molecular formula is C11H16ClNS. The minimum Gasteiger partial charge on any atom is -0.249 e. The van der Waals surface area contributed by atoms with E-state index in [0.29, 0.717) is 17.2 Å². The minimum absolute atomic E-state index is 0.511. The lowest BCUT2D eigenvalue weighted by molar-refractivity contribution is 0.376. The Bertz CT molecular complexity index is 319. The molecule has 1 fully saturated rings. The van der Waals surface area contributed by atoms with Gasteiger partial charge < -0.3 is 0 Å². The van der Waals surface area contributed by atoms with Gasteiger partial charge in [-0.2, -0.15) is 0 Å². The zero-order valence-electron chi connectivity index (χ0n) is 8.72. The van der Waals surface area contributed by atoms with E-state index in [-0.39, 0.29) is 0 Å². The van der Waals surface area contributed by atoms with Crippen molar-refractivity contribution in [3.63, 3.8) is 0 Å². The number of nitrogens with zero attached hydrogens (tertiary/aromatic N) is 1. The summed E-state index contributed by atoms with van der Waals surface area (Å²) in [6, 6.07) is 0. The minimum atomic E-state index is 0.511. The zero-order valence-corrected chi connectivity index (χ0v) is 10.3. The first-order valence-electron chi connectivity index (χ1n) is 5.11. The standard InChI is InChI=1S/C11H16ClNS/c1-11(2)4-3-8(5-11)10-13-7-9(6-12)14-10/h7-8H,3-6H2,1-2H3. The number of hydrogen-bond donors (Lipinski definition) is 0. The number of aromatic nitrogens is 1. The van der Waals surface area contributed by atoms with E-state index in [2.05, 4.69) is 18.8 Å². The number of halogens is 1. The Morgan fingerprint density at radius 3 is 2.93 bits per heavy atom. The van der Waals surface area contributed by atoms with Crippen LogP contribution < -0.4 is 0 Å². The van der Waals surface area contributed by atoms with Crippen LogP contribution in [0.5, 0.6) is 0 Å². The predicted octanol–water partition coefficient (Wildman–Crippen LogP) is 4.18. The van der Waals surface area contributed by atoms with E-state index >= 15 is 0 Å². The summed E-state index contributed by atoms with van der Waals surface area (Å²) in [4.78, 5) is 5.67. The number of rotatable bonds is 2. The summed E-state index contributed by atoms with van der Waals surface area (Å²) in [6.45, 7) is 4.70. The highest BCUT2D eigenvalue weighted by atomic mass is 35.5. The van der Waals surface area contributed by atoms with Gasteiger partial charge in [0.25, 0.3) is 0 Å². The molecule has 1 atom stereocenters. The monoisotopic (exact) mass is 229 g/mol. The highest BCUT2D eigenvalue weighted by Gasteiger charge is 2.33. The summed E-state index contributed by atoms with van der Waals surface area (Å²) in [5, 5.41) is 1.30. The number of thiazole rings is 1. The molecule has 1 aromatic rings. The Balaban J connectivity index is 2.09. The fourth-order valence-electron chi connectivity index (χ4n) is 2.22. The van der Waals surface area contributed by atoms with E-state index in [1.807, 2.05) is 6.20 Å². The summed E-state index contributed by atoms with van der Waals surface area (Å²) in [5.41, 5.74) is 0.511. The predicted molar refractivity (Wildman–Crippen MR) is 62.0 cm³/mol. The third kappa shape index (κ3) is 2.12. The SMILES string of the molecule is CC1(C)CCC(c2ncc(CCl)s2)C1. The van der Waals surface area contributed by atoms with Crippen molar-refractivity contribution in [3.05, 3.63) is 16.1 Å². The Morgan fingerprint density at radius 2 is 2.43 bits per heavy atom. The third-order valence-electron chi connectivity index (χ3n) is 3.02. The van der Waals surface area contributed by atoms with E-state index in [9.17, 15) is 0 Å². The fourth-order valence-corrected chi connectivity index (χ4v) is 3.35. The van der Waals surface area contributed by atoms with Gasteiger partial charge in [-0.05, 0) is 24.7 Å². The lowest BCUT2D eigenvalue weighted by Gasteiger charge is -2.15. The van der Waals surface area contributed by atoms with E-state index in [4.69, 9.17) is 11.6 Å². The largest absolute Gasteiger partial charge is 0.249 e. The number of alkyl halides is 1. The molecule has 0 spiro atoms. The second-order valence-electron chi connectivity index (χ2n) is 4.90. The smallest absolute Gasteiger partial charge is 0.0959 e. The Morgan fingerprint density at radius 1 is 1.64 bits per heavy atom. The summed E-state index contributed by atoms with van der Waals surface area (Å²) < 4.78 is 0. The lowest BCUT2D eigenvalue weighted by Crippen LogP contribution is -2.04. The molecule has 0 bridgehead atoms. The van der Waals surface area contributed by atoms with Gasteiger partial charge in [-0.25, -0.2) is 4.98 Å². The highest BCUT2D eigenvalue weighted by molar-refractivity contribution is 7.11. The van der Waals surface area contributed by atoms with E-state index in [0.717, 1.165) is 0 Å². The van der Waals surface area contributed by atoms with Crippen LogP contribution in [0.4, 0.5) is 0 Å². The van der Waals surface area contributed by atoms with Crippen molar-refractivity contribution in [2.24, 2.45) is 5.41 Å². The van der Waals surface area contributed by atoms with Gasteiger partial charge in [0.15, 0.2) is 0 Å². The van der Waals surface area contributed by atoms with Gasteiger partial charge in [-0.15, -0.1) is 22.9 Å². The Hall–Kier alpha value is -0.0800. The molecule has 1 aliphatic rings. The molecular weight excluding hydrogens is 214 g/mol. The highest BCUT2D eigenvalue weighted by Crippen LogP contribution is 2.46. The first-order chi connectivity index (χ1) is 6.61. The number of hydrogen-bond acceptors (Lipinski definition) is 2. The molecule has 0 aromatic carbocycles. The van der Waals surface area contributed by atoms with Crippen LogP contribution in [0, 0.1) is 5.41 Å². The van der Waals surface area contributed by atoms with Crippen LogP contribution in [0.25, 0.3) is 0 Å². The first-order valence-corrected chi connectivity index (χ1v) is 6.46. The fraction of sp³-hybridized carbons (Fsp3) is 0.727. The average molecular weight is 230 g/mol. The maximum absolute atomic E-state index is 5.77. The van der Waals surface area contributed by atoms with Crippen LogP contribution in [0.3, 0.4) is 0 Å². The summed E-state index contributed by atoms with van der Waals surface area (Å²) in [6.07, 6.45) is 5.83. The first kappa shape index (κ1) is 10.4. The van der Waals surface area contributed by atoms with Gasteiger partial charge in [0, 0.05) is 17.0 Å². The van der Waals surface area contributed by atoms with E-state index in [1.165, 1.54) is 29.1 Å². The van der Waals surface area contributed by atoms with Crippen molar-refractivity contribution < 1.29 is 0 Å². The van der Waals surface area contributed by atoms with Crippen molar-refractivity contribution in [3.8, 4) is 0 Å². The van der Waals surface area contributed by atoms with Crippen molar-refractivity contribution in [2.45, 2.75) is 44.9 Å². The molecule has 1 nitrogen and oxygen atoms in total. The van der Waals surface area contributed by atoms with Crippen molar-refractivity contribution >= 4 is 22.9 Å². The van der Waals surface area contributed by atoms with E-state index in [1.54, 1.807) is 11.3 Å². The van der Waals surface area contributed by atoms with Crippen molar-refractivity contribution in [1.29, 1.82) is 0 Å². The molecule has 0 amide bonds. The molecule has 0 radical (unpaired) electrons.